The lowest BCUT2D eigenvalue weighted by atomic mass is 10.1. The van der Waals surface area contributed by atoms with Crippen LogP contribution in [-0.4, -0.2) is 75.7 Å². The molecular weight excluding hydrogens is 355 g/mol. The number of rotatable bonds is 3. The average molecular weight is 383 g/mol. The maximum atomic E-state index is 12.9. The molecule has 2 saturated heterocycles. The molecule has 1 N–H and O–H groups in total. The van der Waals surface area contributed by atoms with E-state index in [0.717, 1.165) is 44.7 Å². The second-order valence-corrected chi connectivity index (χ2v) is 7.37. The van der Waals surface area contributed by atoms with Crippen molar-refractivity contribution in [1.82, 2.24) is 15.1 Å². The molecule has 1 aromatic carbocycles. The number of piperazine rings is 1. The van der Waals surface area contributed by atoms with Crippen LogP contribution in [0.1, 0.15) is 12.0 Å². The fraction of sp³-hybridized carbons (Fsp3) is 0.632. The summed E-state index contributed by atoms with van der Waals surface area (Å²) in [5.41, 5.74) is 0.0304. The molecule has 2 aliphatic heterocycles. The van der Waals surface area contributed by atoms with Crippen LogP contribution in [0, 0.1) is 5.92 Å². The Morgan fingerprint density at radius 1 is 1.19 bits per heavy atom. The summed E-state index contributed by atoms with van der Waals surface area (Å²) in [7, 11) is 3.92. The highest BCUT2D eigenvalue weighted by Gasteiger charge is 2.31. The monoisotopic (exact) mass is 383 g/mol. The molecule has 2 aliphatic rings. The van der Waals surface area contributed by atoms with Gasteiger partial charge in [-0.25, -0.2) is 0 Å². The van der Waals surface area contributed by atoms with Crippen molar-refractivity contribution < 1.29 is 13.2 Å². The first-order valence-electron chi connectivity index (χ1n) is 9.43. The molecular formula is C19H28F3N5. The highest BCUT2D eigenvalue weighted by Crippen LogP contribution is 2.31. The fourth-order valence-electron chi connectivity index (χ4n) is 3.82. The van der Waals surface area contributed by atoms with Crippen molar-refractivity contribution in [2.24, 2.45) is 10.9 Å². The van der Waals surface area contributed by atoms with Crippen molar-refractivity contribution in [2.75, 3.05) is 64.8 Å². The number of nitrogens with zero attached hydrogens (tertiary/aromatic N) is 4. The van der Waals surface area contributed by atoms with E-state index < -0.39 is 11.7 Å². The number of hydrogen-bond acceptors (Lipinski definition) is 3. The van der Waals surface area contributed by atoms with Crippen molar-refractivity contribution in [3.05, 3.63) is 29.8 Å². The van der Waals surface area contributed by atoms with Crippen LogP contribution in [-0.2, 0) is 6.18 Å². The van der Waals surface area contributed by atoms with Crippen LogP contribution in [0.5, 0.6) is 0 Å². The molecule has 5 nitrogen and oxygen atoms in total. The molecule has 0 spiro atoms. The van der Waals surface area contributed by atoms with E-state index in [9.17, 15) is 13.2 Å². The Labute approximate surface area is 158 Å². The largest absolute Gasteiger partial charge is 0.416 e. The standard InChI is InChI=1S/C19H28F3N5/c1-23-18(24-13-15-6-7-25(2)14-15)27-10-8-26(9-11-27)17-5-3-4-16(12-17)19(20,21)22/h3-5,12,15H,6-11,13-14H2,1-2H3,(H,23,24). The van der Waals surface area contributed by atoms with Crippen LogP contribution in [0.15, 0.2) is 29.3 Å². The minimum atomic E-state index is -4.31. The highest BCUT2D eigenvalue weighted by molar-refractivity contribution is 5.80. The number of aliphatic imine (C=N–C) groups is 1. The van der Waals surface area contributed by atoms with Crippen molar-refractivity contribution in [3.8, 4) is 0 Å². The normalized spacial score (nSPS) is 22.4. The van der Waals surface area contributed by atoms with Gasteiger partial charge in [0.05, 0.1) is 5.56 Å². The molecule has 0 aliphatic carbocycles. The van der Waals surface area contributed by atoms with Gasteiger partial charge >= 0.3 is 6.18 Å². The van der Waals surface area contributed by atoms with E-state index in [0.29, 0.717) is 24.7 Å². The average Bonchev–Trinajstić information content (AvgIpc) is 3.07. The second kappa shape index (κ2) is 8.37. The Morgan fingerprint density at radius 2 is 1.93 bits per heavy atom. The van der Waals surface area contributed by atoms with Crippen molar-refractivity contribution in [3.63, 3.8) is 0 Å². The van der Waals surface area contributed by atoms with Gasteiger partial charge in [-0.15, -0.1) is 0 Å². The molecule has 1 aromatic rings. The smallest absolute Gasteiger partial charge is 0.368 e. The van der Waals surface area contributed by atoms with Crippen LogP contribution >= 0.6 is 0 Å². The van der Waals surface area contributed by atoms with E-state index in [1.165, 1.54) is 18.6 Å². The molecule has 0 aromatic heterocycles. The number of nitrogens with one attached hydrogen (secondary N) is 1. The molecule has 1 unspecified atom stereocenters. The summed E-state index contributed by atoms with van der Waals surface area (Å²) in [6.45, 7) is 5.97. The molecule has 0 saturated carbocycles. The third kappa shape index (κ3) is 5.06. The number of anilines is 1. The molecule has 0 radical (unpaired) electrons. The predicted octanol–water partition coefficient (Wildman–Crippen LogP) is 2.35. The Bertz CT molecular complexity index is 653. The summed E-state index contributed by atoms with van der Waals surface area (Å²) < 4.78 is 38.8. The first kappa shape index (κ1) is 19.8. The Morgan fingerprint density at radius 3 is 2.52 bits per heavy atom. The summed E-state index contributed by atoms with van der Waals surface area (Å²) in [4.78, 5) is 10.9. The van der Waals surface area contributed by atoms with E-state index in [-0.39, 0.29) is 0 Å². The second-order valence-electron chi connectivity index (χ2n) is 7.37. The van der Waals surface area contributed by atoms with Crippen LogP contribution < -0.4 is 10.2 Å². The fourth-order valence-corrected chi connectivity index (χ4v) is 3.82. The van der Waals surface area contributed by atoms with Crippen LogP contribution in [0.3, 0.4) is 0 Å². The number of benzene rings is 1. The number of guanidine groups is 1. The Hall–Kier alpha value is -1.96. The molecule has 150 valence electrons. The first-order valence-corrected chi connectivity index (χ1v) is 9.43. The predicted molar refractivity (Wildman–Crippen MR) is 102 cm³/mol. The summed E-state index contributed by atoms with van der Waals surface area (Å²) in [6.07, 6.45) is -3.11. The van der Waals surface area contributed by atoms with Gasteiger partial charge in [-0.1, -0.05) is 6.07 Å². The zero-order chi connectivity index (χ0) is 19.4. The van der Waals surface area contributed by atoms with E-state index in [1.807, 2.05) is 4.90 Å². The van der Waals surface area contributed by atoms with Gasteiger partial charge in [-0.2, -0.15) is 13.2 Å². The number of alkyl halides is 3. The van der Waals surface area contributed by atoms with E-state index in [4.69, 9.17) is 0 Å². The summed E-state index contributed by atoms with van der Waals surface area (Å²) in [6, 6.07) is 5.57. The molecule has 3 rings (SSSR count). The molecule has 1 atom stereocenters. The lowest BCUT2D eigenvalue weighted by molar-refractivity contribution is -0.137. The molecule has 27 heavy (non-hydrogen) atoms. The van der Waals surface area contributed by atoms with E-state index in [1.54, 1.807) is 13.1 Å². The number of likely N-dealkylation sites (tertiary alicyclic amines) is 1. The maximum Gasteiger partial charge on any atom is 0.416 e. The van der Waals surface area contributed by atoms with Gasteiger partial charge in [0.15, 0.2) is 5.96 Å². The van der Waals surface area contributed by atoms with Crippen LogP contribution in [0.25, 0.3) is 0 Å². The molecule has 0 amide bonds. The minimum Gasteiger partial charge on any atom is -0.368 e. The van der Waals surface area contributed by atoms with Gasteiger partial charge in [0, 0.05) is 52.0 Å². The van der Waals surface area contributed by atoms with Gasteiger partial charge in [-0.3, -0.25) is 4.99 Å². The summed E-state index contributed by atoms with van der Waals surface area (Å²) >= 11 is 0. The summed E-state index contributed by atoms with van der Waals surface area (Å²) in [5, 5.41) is 3.47. The highest BCUT2D eigenvalue weighted by atomic mass is 19.4. The van der Waals surface area contributed by atoms with Crippen molar-refractivity contribution >= 4 is 11.6 Å². The van der Waals surface area contributed by atoms with Gasteiger partial charge in [-0.05, 0) is 44.1 Å². The van der Waals surface area contributed by atoms with Gasteiger partial charge < -0.3 is 20.0 Å². The van der Waals surface area contributed by atoms with Crippen molar-refractivity contribution in [1.29, 1.82) is 0 Å². The zero-order valence-corrected chi connectivity index (χ0v) is 16.0. The van der Waals surface area contributed by atoms with Crippen LogP contribution in [0.2, 0.25) is 0 Å². The SMILES string of the molecule is CN=C(NCC1CCN(C)C1)N1CCN(c2cccc(C(F)(F)F)c2)CC1. The number of hydrogen-bond donors (Lipinski definition) is 1. The van der Waals surface area contributed by atoms with Gasteiger partial charge in [0.2, 0.25) is 0 Å². The zero-order valence-electron chi connectivity index (χ0n) is 16.0. The quantitative estimate of drug-likeness (QED) is 0.642. The van der Waals surface area contributed by atoms with Crippen LogP contribution in [0.4, 0.5) is 18.9 Å². The molecule has 2 heterocycles. The third-order valence-corrected chi connectivity index (χ3v) is 5.37. The molecule has 0 bridgehead atoms. The van der Waals surface area contributed by atoms with E-state index in [2.05, 4.69) is 27.2 Å². The van der Waals surface area contributed by atoms with E-state index >= 15 is 0 Å². The molecule has 8 heteroatoms. The van der Waals surface area contributed by atoms with Crippen molar-refractivity contribution in [2.45, 2.75) is 12.6 Å². The van der Waals surface area contributed by atoms with Gasteiger partial charge in [0.1, 0.15) is 0 Å². The minimum absolute atomic E-state index is 0.596. The number of halogens is 3. The summed E-state index contributed by atoms with van der Waals surface area (Å²) in [5.74, 6) is 1.52. The Kier molecular flexibility index (Phi) is 6.14. The lowest BCUT2D eigenvalue weighted by Gasteiger charge is -2.38. The van der Waals surface area contributed by atoms with Gasteiger partial charge in [0.25, 0.3) is 0 Å². The topological polar surface area (TPSA) is 34.1 Å². The maximum absolute atomic E-state index is 12.9. The third-order valence-electron chi connectivity index (χ3n) is 5.37. The first-order chi connectivity index (χ1) is 12.9. The lowest BCUT2D eigenvalue weighted by Crippen LogP contribution is -2.53. The molecule has 2 fully saturated rings. The Balaban J connectivity index is 1.53.